The Morgan fingerprint density at radius 3 is 2.48 bits per heavy atom. The number of nitrogens with zero attached hydrogens (tertiary/aromatic N) is 2. The van der Waals surface area contributed by atoms with Crippen molar-refractivity contribution in [3.63, 3.8) is 0 Å². The summed E-state index contributed by atoms with van der Waals surface area (Å²) in [5, 5.41) is 2.98. The number of imide groups is 1. The minimum absolute atomic E-state index is 0.0155. The van der Waals surface area contributed by atoms with Crippen LogP contribution in [0.5, 0.6) is 0 Å². The summed E-state index contributed by atoms with van der Waals surface area (Å²) < 4.78 is 0. The van der Waals surface area contributed by atoms with Gasteiger partial charge in [0.2, 0.25) is 0 Å². The van der Waals surface area contributed by atoms with Gasteiger partial charge in [-0.2, -0.15) is 0 Å². The van der Waals surface area contributed by atoms with Gasteiger partial charge in [-0.05, 0) is 63.1 Å². The maximum absolute atomic E-state index is 13.1. The van der Waals surface area contributed by atoms with E-state index in [1.54, 1.807) is 0 Å². The molecular weight excluding hydrogens is 366 g/mol. The number of likely N-dealkylation sites (tertiary alicyclic amines) is 1. The van der Waals surface area contributed by atoms with Gasteiger partial charge in [0, 0.05) is 18.7 Å². The van der Waals surface area contributed by atoms with E-state index >= 15 is 0 Å². The number of hydrogen-bond donors (Lipinski definition) is 1. The van der Waals surface area contributed by atoms with Gasteiger partial charge in [0.1, 0.15) is 5.54 Å². The molecule has 0 radical (unpaired) electrons. The first-order chi connectivity index (χ1) is 13.7. The molecule has 0 bridgehead atoms. The van der Waals surface area contributed by atoms with E-state index in [0.29, 0.717) is 32.4 Å². The van der Waals surface area contributed by atoms with Gasteiger partial charge in [0.25, 0.3) is 11.8 Å². The zero-order chi connectivity index (χ0) is 21.3. The summed E-state index contributed by atoms with van der Waals surface area (Å²) in [6.45, 7) is 13.0. The summed E-state index contributed by atoms with van der Waals surface area (Å²) in [5.74, 6) is -0.102. The topological polar surface area (TPSA) is 69.7 Å². The molecule has 1 atom stereocenters. The van der Waals surface area contributed by atoms with E-state index in [2.05, 4.69) is 11.9 Å². The van der Waals surface area contributed by atoms with E-state index in [1.807, 2.05) is 50.8 Å². The Morgan fingerprint density at radius 1 is 1.24 bits per heavy atom. The van der Waals surface area contributed by atoms with Crippen LogP contribution < -0.4 is 5.32 Å². The molecule has 2 saturated heterocycles. The highest BCUT2D eigenvalue weighted by atomic mass is 16.2. The number of hydrogen-bond acceptors (Lipinski definition) is 3. The highest BCUT2D eigenvalue weighted by Gasteiger charge is 2.54. The Labute approximate surface area is 172 Å². The standard InChI is InChI=1S/C23H31N3O3/c1-6-23(21(28)26(14-15(2)3)22(29)24-23)18-10-12-25(13-11-18)20(27)19-9-7-8-16(4)17(19)5/h7-9,18H,2,6,10-14H2,1,3-5H3,(H,24,29)/t23-/m1/s1. The first-order valence-corrected chi connectivity index (χ1v) is 10.3. The average Bonchev–Trinajstić information content (AvgIpc) is 2.94. The normalized spacial score (nSPS) is 22.8. The molecule has 3 rings (SSSR count). The molecule has 0 aliphatic carbocycles. The number of carbonyl (C=O) groups is 3. The zero-order valence-corrected chi connectivity index (χ0v) is 17.9. The number of aryl methyl sites for hydroxylation is 1. The Hall–Kier alpha value is -2.63. The zero-order valence-electron chi connectivity index (χ0n) is 17.9. The first kappa shape index (κ1) is 21.1. The molecule has 0 unspecified atom stereocenters. The second kappa shape index (κ2) is 8.01. The van der Waals surface area contributed by atoms with Gasteiger partial charge in [-0.25, -0.2) is 4.79 Å². The summed E-state index contributed by atoms with van der Waals surface area (Å²) >= 11 is 0. The van der Waals surface area contributed by atoms with Gasteiger partial charge < -0.3 is 10.2 Å². The van der Waals surface area contributed by atoms with Crippen LogP contribution in [-0.4, -0.2) is 52.8 Å². The number of benzene rings is 1. The van der Waals surface area contributed by atoms with E-state index in [0.717, 1.165) is 22.3 Å². The Bertz CT molecular complexity index is 855. The number of carbonyl (C=O) groups excluding carboxylic acids is 3. The van der Waals surface area contributed by atoms with Crippen LogP contribution in [0, 0.1) is 19.8 Å². The molecule has 4 amide bonds. The van der Waals surface area contributed by atoms with Crippen LogP contribution in [0.3, 0.4) is 0 Å². The molecule has 29 heavy (non-hydrogen) atoms. The quantitative estimate of drug-likeness (QED) is 0.611. The van der Waals surface area contributed by atoms with Crippen LogP contribution in [0.2, 0.25) is 0 Å². The fourth-order valence-electron chi connectivity index (χ4n) is 4.59. The van der Waals surface area contributed by atoms with E-state index < -0.39 is 5.54 Å². The molecular formula is C23H31N3O3. The number of urea groups is 1. The number of nitrogens with one attached hydrogen (secondary N) is 1. The van der Waals surface area contributed by atoms with Gasteiger partial charge in [-0.15, -0.1) is 0 Å². The smallest absolute Gasteiger partial charge is 0.325 e. The highest BCUT2D eigenvalue weighted by molar-refractivity contribution is 6.07. The minimum Gasteiger partial charge on any atom is -0.339 e. The van der Waals surface area contributed by atoms with Crippen molar-refractivity contribution in [3.8, 4) is 0 Å². The molecule has 2 fully saturated rings. The van der Waals surface area contributed by atoms with Crippen LogP contribution in [-0.2, 0) is 4.79 Å². The monoisotopic (exact) mass is 397 g/mol. The second-order valence-electron chi connectivity index (χ2n) is 8.42. The Kier molecular flexibility index (Phi) is 5.82. The van der Waals surface area contributed by atoms with E-state index in [1.165, 1.54) is 4.90 Å². The van der Waals surface area contributed by atoms with Crippen molar-refractivity contribution in [1.82, 2.24) is 15.1 Å². The van der Waals surface area contributed by atoms with E-state index in [-0.39, 0.29) is 30.3 Å². The minimum atomic E-state index is -0.874. The molecule has 1 aromatic carbocycles. The van der Waals surface area contributed by atoms with Gasteiger partial charge >= 0.3 is 6.03 Å². The molecule has 6 heteroatoms. The molecule has 6 nitrogen and oxygen atoms in total. The molecule has 2 heterocycles. The number of piperidine rings is 1. The lowest BCUT2D eigenvalue weighted by Gasteiger charge is -2.40. The van der Waals surface area contributed by atoms with Crippen LogP contribution >= 0.6 is 0 Å². The fraction of sp³-hybridized carbons (Fsp3) is 0.522. The maximum atomic E-state index is 13.1. The molecule has 1 aromatic rings. The lowest BCUT2D eigenvalue weighted by molar-refractivity contribution is -0.133. The van der Waals surface area contributed by atoms with E-state index in [4.69, 9.17) is 0 Å². The van der Waals surface area contributed by atoms with Crippen molar-refractivity contribution in [2.45, 2.75) is 52.5 Å². The summed E-state index contributed by atoms with van der Waals surface area (Å²) in [4.78, 5) is 41.8. The number of amides is 4. The third kappa shape index (κ3) is 3.68. The third-order valence-corrected chi connectivity index (χ3v) is 6.50. The van der Waals surface area contributed by atoms with E-state index in [9.17, 15) is 14.4 Å². The third-order valence-electron chi connectivity index (χ3n) is 6.50. The largest absolute Gasteiger partial charge is 0.339 e. The Morgan fingerprint density at radius 2 is 1.90 bits per heavy atom. The molecule has 0 spiro atoms. The van der Waals surface area contributed by atoms with Gasteiger partial charge in [-0.1, -0.05) is 31.2 Å². The molecule has 0 saturated carbocycles. The molecule has 156 valence electrons. The lowest BCUT2D eigenvalue weighted by atomic mass is 9.75. The SMILES string of the molecule is C=C(C)CN1C(=O)N[C@](CC)(C2CCN(C(=O)c3cccc(C)c3C)CC2)C1=O. The molecule has 2 aliphatic rings. The molecule has 0 aromatic heterocycles. The summed E-state index contributed by atoms with van der Waals surface area (Å²) in [5.41, 5.74) is 2.76. The maximum Gasteiger partial charge on any atom is 0.325 e. The predicted octanol–water partition coefficient (Wildman–Crippen LogP) is 3.43. The Balaban J connectivity index is 1.73. The van der Waals surface area contributed by atoms with Crippen LogP contribution in [0.4, 0.5) is 4.79 Å². The van der Waals surface area contributed by atoms with Crippen molar-refractivity contribution < 1.29 is 14.4 Å². The summed E-state index contributed by atoms with van der Waals surface area (Å²) in [6, 6.07) is 5.46. The summed E-state index contributed by atoms with van der Waals surface area (Å²) in [7, 11) is 0. The molecule has 1 N–H and O–H groups in total. The number of rotatable bonds is 5. The predicted molar refractivity (Wildman–Crippen MR) is 113 cm³/mol. The van der Waals surface area contributed by atoms with Crippen LogP contribution in [0.15, 0.2) is 30.4 Å². The van der Waals surface area contributed by atoms with Crippen molar-refractivity contribution in [3.05, 3.63) is 47.0 Å². The summed E-state index contributed by atoms with van der Waals surface area (Å²) in [6.07, 6.45) is 1.93. The fourth-order valence-corrected chi connectivity index (χ4v) is 4.59. The van der Waals surface area contributed by atoms with Gasteiger partial charge in [0.05, 0.1) is 6.54 Å². The second-order valence-corrected chi connectivity index (χ2v) is 8.42. The first-order valence-electron chi connectivity index (χ1n) is 10.3. The van der Waals surface area contributed by atoms with Crippen molar-refractivity contribution in [1.29, 1.82) is 0 Å². The van der Waals surface area contributed by atoms with Gasteiger partial charge in [-0.3, -0.25) is 14.5 Å². The molecule has 2 aliphatic heterocycles. The van der Waals surface area contributed by atoms with Crippen LogP contribution in [0.1, 0.15) is 54.6 Å². The van der Waals surface area contributed by atoms with Crippen molar-refractivity contribution in [2.24, 2.45) is 5.92 Å². The average molecular weight is 398 g/mol. The van der Waals surface area contributed by atoms with Crippen molar-refractivity contribution >= 4 is 17.8 Å². The van der Waals surface area contributed by atoms with Crippen LogP contribution in [0.25, 0.3) is 0 Å². The van der Waals surface area contributed by atoms with Gasteiger partial charge in [0.15, 0.2) is 0 Å². The highest BCUT2D eigenvalue weighted by Crippen LogP contribution is 2.36. The van der Waals surface area contributed by atoms with Crippen molar-refractivity contribution in [2.75, 3.05) is 19.6 Å². The lowest BCUT2D eigenvalue weighted by Crippen LogP contribution is -2.56.